The van der Waals surface area contributed by atoms with E-state index in [0.29, 0.717) is 31.5 Å². The molecule has 1 saturated heterocycles. The number of rotatable bonds is 4. The van der Waals surface area contributed by atoms with Crippen molar-refractivity contribution in [3.05, 3.63) is 70.8 Å². The first-order valence-corrected chi connectivity index (χ1v) is 8.97. The average Bonchev–Trinajstić information content (AvgIpc) is 2.67. The standard InChI is InChI=1S/C22H23NO3/c1-15-3-7-17(8-4-15)20(24)19-11-13-23(14-12-19)22(26)21(25)18-9-5-16(2)6-10-18/h3-10,19H,11-14H2,1-2H3. The molecule has 134 valence electrons. The van der Waals surface area contributed by atoms with E-state index < -0.39 is 11.7 Å². The molecule has 1 aliphatic rings. The van der Waals surface area contributed by atoms with Crippen molar-refractivity contribution in [1.29, 1.82) is 0 Å². The van der Waals surface area contributed by atoms with Crippen molar-refractivity contribution in [2.45, 2.75) is 26.7 Å². The first-order valence-electron chi connectivity index (χ1n) is 8.97. The number of likely N-dealkylation sites (tertiary alicyclic amines) is 1. The van der Waals surface area contributed by atoms with E-state index in [9.17, 15) is 14.4 Å². The van der Waals surface area contributed by atoms with Gasteiger partial charge in [-0.3, -0.25) is 14.4 Å². The van der Waals surface area contributed by atoms with E-state index in [1.54, 1.807) is 17.0 Å². The highest BCUT2D eigenvalue weighted by Crippen LogP contribution is 2.22. The molecule has 0 saturated carbocycles. The van der Waals surface area contributed by atoms with Gasteiger partial charge in [-0.15, -0.1) is 0 Å². The molecule has 26 heavy (non-hydrogen) atoms. The number of benzene rings is 2. The van der Waals surface area contributed by atoms with Crippen LogP contribution < -0.4 is 0 Å². The number of carbonyl (C=O) groups excluding carboxylic acids is 3. The molecular formula is C22H23NO3. The zero-order chi connectivity index (χ0) is 18.7. The SMILES string of the molecule is Cc1ccc(C(=O)C(=O)N2CCC(C(=O)c3ccc(C)cc3)CC2)cc1. The van der Waals surface area contributed by atoms with Gasteiger partial charge < -0.3 is 4.90 Å². The first-order chi connectivity index (χ1) is 12.5. The van der Waals surface area contributed by atoms with E-state index in [-0.39, 0.29) is 11.7 Å². The lowest BCUT2D eigenvalue weighted by Gasteiger charge is -2.31. The first kappa shape index (κ1) is 18.1. The van der Waals surface area contributed by atoms with E-state index in [1.165, 1.54) is 0 Å². The van der Waals surface area contributed by atoms with Crippen molar-refractivity contribution in [2.75, 3.05) is 13.1 Å². The highest BCUT2D eigenvalue weighted by molar-refractivity contribution is 6.42. The Bertz CT molecular complexity index is 813. The van der Waals surface area contributed by atoms with Gasteiger partial charge in [0.2, 0.25) is 5.78 Å². The number of aryl methyl sites for hydroxylation is 2. The summed E-state index contributed by atoms with van der Waals surface area (Å²) in [5, 5.41) is 0. The van der Waals surface area contributed by atoms with E-state index in [4.69, 9.17) is 0 Å². The van der Waals surface area contributed by atoms with Gasteiger partial charge in [-0.05, 0) is 26.7 Å². The Labute approximate surface area is 153 Å². The van der Waals surface area contributed by atoms with Crippen LogP contribution in [0.2, 0.25) is 0 Å². The molecule has 4 nitrogen and oxygen atoms in total. The molecular weight excluding hydrogens is 326 g/mol. The number of hydrogen-bond acceptors (Lipinski definition) is 3. The fraction of sp³-hybridized carbons (Fsp3) is 0.318. The lowest BCUT2D eigenvalue weighted by molar-refractivity contribution is -0.127. The van der Waals surface area contributed by atoms with Crippen molar-refractivity contribution in [2.24, 2.45) is 5.92 Å². The maximum atomic E-state index is 12.6. The van der Waals surface area contributed by atoms with Gasteiger partial charge in [0.25, 0.3) is 5.91 Å². The monoisotopic (exact) mass is 349 g/mol. The number of amides is 1. The summed E-state index contributed by atoms with van der Waals surface area (Å²) in [5.74, 6) is -0.915. The van der Waals surface area contributed by atoms with Gasteiger partial charge in [-0.1, -0.05) is 59.7 Å². The minimum absolute atomic E-state index is 0.0868. The molecule has 2 aromatic rings. The normalized spacial score (nSPS) is 14.9. The Morgan fingerprint density at radius 1 is 0.769 bits per heavy atom. The molecule has 2 aromatic carbocycles. The van der Waals surface area contributed by atoms with Crippen LogP contribution in [0.15, 0.2) is 48.5 Å². The maximum absolute atomic E-state index is 12.6. The summed E-state index contributed by atoms with van der Waals surface area (Å²) in [5.41, 5.74) is 3.30. The van der Waals surface area contributed by atoms with Crippen LogP contribution in [0, 0.1) is 19.8 Å². The largest absolute Gasteiger partial charge is 0.336 e. The van der Waals surface area contributed by atoms with Gasteiger partial charge in [-0.2, -0.15) is 0 Å². The Kier molecular flexibility index (Phi) is 5.31. The molecule has 1 fully saturated rings. The molecule has 3 rings (SSSR count). The topological polar surface area (TPSA) is 54.5 Å². The van der Waals surface area contributed by atoms with Crippen molar-refractivity contribution >= 4 is 17.5 Å². The summed E-state index contributed by atoms with van der Waals surface area (Å²) in [6.07, 6.45) is 1.19. The van der Waals surface area contributed by atoms with Crippen LogP contribution in [-0.4, -0.2) is 35.5 Å². The zero-order valence-electron chi connectivity index (χ0n) is 15.2. The molecule has 0 atom stereocenters. The lowest BCUT2D eigenvalue weighted by atomic mass is 9.88. The zero-order valence-corrected chi connectivity index (χ0v) is 15.2. The molecule has 0 bridgehead atoms. The predicted molar refractivity (Wildman–Crippen MR) is 100 cm³/mol. The summed E-state index contributed by atoms with van der Waals surface area (Å²) in [6, 6.07) is 14.6. The molecule has 0 spiro atoms. The van der Waals surface area contributed by atoms with E-state index in [1.807, 2.05) is 50.2 Å². The van der Waals surface area contributed by atoms with Crippen molar-refractivity contribution in [3.63, 3.8) is 0 Å². The third-order valence-corrected chi connectivity index (χ3v) is 5.00. The summed E-state index contributed by atoms with van der Waals surface area (Å²) >= 11 is 0. The van der Waals surface area contributed by atoms with Crippen LogP contribution in [0.25, 0.3) is 0 Å². The lowest BCUT2D eigenvalue weighted by Crippen LogP contribution is -2.43. The number of nitrogens with zero attached hydrogens (tertiary/aromatic N) is 1. The minimum Gasteiger partial charge on any atom is -0.336 e. The molecule has 0 unspecified atom stereocenters. The van der Waals surface area contributed by atoms with Crippen LogP contribution >= 0.6 is 0 Å². The molecule has 0 aliphatic carbocycles. The molecule has 1 amide bonds. The maximum Gasteiger partial charge on any atom is 0.294 e. The van der Waals surface area contributed by atoms with Crippen molar-refractivity contribution < 1.29 is 14.4 Å². The molecule has 0 N–H and O–H groups in total. The molecule has 1 aliphatic heterocycles. The van der Waals surface area contributed by atoms with Crippen LogP contribution in [-0.2, 0) is 4.79 Å². The van der Waals surface area contributed by atoms with Gasteiger partial charge in [0, 0.05) is 30.1 Å². The summed E-state index contributed by atoms with van der Waals surface area (Å²) < 4.78 is 0. The van der Waals surface area contributed by atoms with E-state index in [2.05, 4.69) is 0 Å². The third kappa shape index (κ3) is 3.90. The number of hydrogen-bond donors (Lipinski definition) is 0. The van der Waals surface area contributed by atoms with Gasteiger partial charge in [0.1, 0.15) is 0 Å². The Balaban J connectivity index is 1.60. The van der Waals surface area contributed by atoms with E-state index >= 15 is 0 Å². The second-order valence-corrected chi connectivity index (χ2v) is 6.99. The van der Waals surface area contributed by atoms with Crippen LogP contribution in [0.4, 0.5) is 0 Å². The van der Waals surface area contributed by atoms with Crippen molar-refractivity contribution in [1.82, 2.24) is 4.90 Å². The number of Topliss-reactive ketones (excluding diaryl/α,β-unsaturated/α-hetero) is 2. The summed E-state index contributed by atoms with van der Waals surface area (Å²) in [7, 11) is 0. The van der Waals surface area contributed by atoms with Gasteiger partial charge in [0.05, 0.1) is 0 Å². The number of piperidine rings is 1. The molecule has 4 heteroatoms. The van der Waals surface area contributed by atoms with Gasteiger partial charge >= 0.3 is 0 Å². The fourth-order valence-corrected chi connectivity index (χ4v) is 3.27. The average molecular weight is 349 g/mol. The van der Waals surface area contributed by atoms with Crippen LogP contribution in [0.3, 0.4) is 0 Å². The molecule has 0 radical (unpaired) electrons. The number of ketones is 2. The Hall–Kier alpha value is -2.75. The summed E-state index contributed by atoms with van der Waals surface area (Å²) in [6.45, 7) is 4.81. The third-order valence-electron chi connectivity index (χ3n) is 5.00. The fourth-order valence-electron chi connectivity index (χ4n) is 3.27. The highest BCUT2D eigenvalue weighted by atomic mass is 16.2. The van der Waals surface area contributed by atoms with Gasteiger partial charge in [-0.25, -0.2) is 0 Å². The van der Waals surface area contributed by atoms with Crippen LogP contribution in [0.1, 0.15) is 44.7 Å². The molecule has 1 heterocycles. The van der Waals surface area contributed by atoms with Gasteiger partial charge in [0.15, 0.2) is 5.78 Å². The highest BCUT2D eigenvalue weighted by Gasteiger charge is 2.30. The van der Waals surface area contributed by atoms with Crippen LogP contribution in [0.5, 0.6) is 0 Å². The second kappa shape index (κ2) is 7.65. The smallest absolute Gasteiger partial charge is 0.294 e. The van der Waals surface area contributed by atoms with E-state index in [0.717, 1.165) is 16.7 Å². The Morgan fingerprint density at radius 3 is 1.73 bits per heavy atom. The minimum atomic E-state index is -0.478. The Morgan fingerprint density at radius 2 is 1.23 bits per heavy atom. The predicted octanol–water partition coefficient (Wildman–Crippen LogP) is 3.61. The quantitative estimate of drug-likeness (QED) is 0.626. The number of carbonyl (C=O) groups is 3. The second-order valence-electron chi connectivity index (χ2n) is 6.99. The summed E-state index contributed by atoms with van der Waals surface area (Å²) in [4.78, 5) is 39.0. The van der Waals surface area contributed by atoms with Crippen molar-refractivity contribution in [3.8, 4) is 0 Å². The molecule has 0 aromatic heterocycles.